The van der Waals surface area contributed by atoms with Crippen LogP contribution in [0.1, 0.15) is 25.0 Å². The summed E-state index contributed by atoms with van der Waals surface area (Å²) in [5.41, 5.74) is 20.9. The van der Waals surface area contributed by atoms with Crippen LogP contribution >= 0.6 is 0 Å². The second-order valence-corrected chi connectivity index (χ2v) is 6.78. The van der Waals surface area contributed by atoms with Crippen LogP contribution in [0.5, 0.6) is 0 Å². The Labute approximate surface area is 161 Å². The summed E-state index contributed by atoms with van der Waals surface area (Å²) in [6.45, 7) is 8.12. The first-order valence-electron chi connectivity index (χ1n) is 8.91. The van der Waals surface area contributed by atoms with E-state index in [1.54, 1.807) is 0 Å². The van der Waals surface area contributed by atoms with E-state index in [-0.39, 0.29) is 0 Å². The van der Waals surface area contributed by atoms with Gasteiger partial charge in [0.1, 0.15) is 0 Å². The van der Waals surface area contributed by atoms with Gasteiger partial charge in [-0.25, -0.2) is 0 Å². The van der Waals surface area contributed by atoms with Gasteiger partial charge in [-0.15, -0.1) is 0 Å². The molecule has 0 radical (unpaired) electrons. The van der Waals surface area contributed by atoms with E-state index in [9.17, 15) is 0 Å². The number of nitrogen functional groups attached to an aromatic ring is 2. The molecule has 0 fully saturated rings. The predicted octanol–water partition coefficient (Wildman–Crippen LogP) is 6.33. The number of nitrogens with two attached hydrogens (primary N) is 2. The maximum atomic E-state index is 6.24. The number of hydrogen-bond donors (Lipinski definition) is 3. The number of nitrogens with one attached hydrogen (secondary N) is 1. The SMILES string of the molecule is C=Cc1c(C=C(C)C)ccc(N)c1Nc1ccc(-c2ccc(N)cc2)cc1. The lowest BCUT2D eigenvalue weighted by Gasteiger charge is -2.16. The Morgan fingerprint density at radius 2 is 1.44 bits per heavy atom. The minimum atomic E-state index is 0.693. The Morgan fingerprint density at radius 3 is 2.00 bits per heavy atom. The lowest BCUT2D eigenvalue weighted by molar-refractivity contribution is 1.41. The van der Waals surface area contributed by atoms with Crippen LogP contribution in [-0.4, -0.2) is 0 Å². The van der Waals surface area contributed by atoms with Gasteiger partial charge in [-0.3, -0.25) is 0 Å². The zero-order chi connectivity index (χ0) is 19.4. The second kappa shape index (κ2) is 7.83. The van der Waals surface area contributed by atoms with Crippen molar-refractivity contribution < 1.29 is 0 Å². The summed E-state index contributed by atoms with van der Waals surface area (Å²) >= 11 is 0. The lowest BCUT2D eigenvalue weighted by atomic mass is 10.0. The van der Waals surface area contributed by atoms with Crippen molar-refractivity contribution in [3.63, 3.8) is 0 Å². The van der Waals surface area contributed by atoms with Crippen molar-refractivity contribution >= 4 is 34.9 Å². The smallest absolute Gasteiger partial charge is 0.0697 e. The zero-order valence-electron chi connectivity index (χ0n) is 15.8. The number of hydrogen-bond acceptors (Lipinski definition) is 3. The fraction of sp³-hybridized carbons (Fsp3) is 0.0833. The second-order valence-electron chi connectivity index (χ2n) is 6.78. The van der Waals surface area contributed by atoms with E-state index < -0.39 is 0 Å². The summed E-state index contributed by atoms with van der Waals surface area (Å²) in [7, 11) is 0. The normalized spacial score (nSPS) is 10.3. The number of anilines is 4. The molecule has 3 nitrogen and oxygen atoms in total. The number of benzene rings is 3. The van der Waals surface area contributed by atoms with Crippen molar-refractivity contribution in [3.05, 3.63) is 83.9 Å². The van der Waals surface area contributed by atoms with Crippen LogP contribution in [0.2, 0.25) is 0 Å². The standard InChI is InChI=1S/C24H25N3/c1-4-22-19(15-16(2)3)9-14-23(26)24(22)27-21-12-7-18(8-13-21)17-5-10-20(25)11-6-17/h4-15,27H,1,25-26H2,2-3H3. The van der Waals surface area contributed by atoms with Crippen LogP contribution in [0.15, 0.2) is 72.8 Å². The Balaban J connectivity index is 1.92. The largest absolute Gasteiger partial charge is 0.399 e. The average molecular weight is 355 g/mol. The first-order chi connectivity index (χ1) is 13.0. The van der Waals surface area contributed by atoms with E-state index in [2.05, 4.69) is 44.0 Å². The van der Waals surface area contributed by atoms with Gasteiger partial charge in [0.05, 0.1) is 11.4 Å². The van der Waals surface area contributed by atoms with E-state index in [0.29, 0.717) is 5.69 Å². The molecule has 0 aliphatic heterocycles. The Bertz CT molecular complexity index is 977. The molecule has 0 heterocycles. The van der Waals surface area contributed by atoms with Crippen molar-refractivity contribution in [2.24, 2.45) is 0 Å². The summed E-state index contributed by atoms with van der Waals surface area (Å²) in [5.74, 6) is 0. The van der Waals surface area contributed by atoms with Gasteiger partial charge in [0.2, 0.25) is 0 Å². The highest BCUT2D eigenvalue weighted by atomic mass is 14.9. The summed E-state index contributed by atoms with van der Waals surface area (Å²) in [6, 6.07) is 20.1. The Morgan fingerprint density at radius 1 is 0.852 bits per heavy atom. The number of rotatable bonds is 5. The topological polar surface area (TPSA) is 64.1 Å². The summed E-state index contributed by atoms with van der Waals surface area (Å²) < 4.78 is 0. The molecule has 27 heavy (non-hydrogen) atoms. The van der Waals surface area contributed by atoms with Crippen LogP contribution in [0.4, 0.5) is 22.7 Å². The summed E-state index contributed by atoms with van der Waals surface area (Å²) in [6.07, 6.45) is 3.97. The van der Waals surface area contributed by atoms with Crippen LogP contribution in [0.3, 0.4) is 0 Å². The maximum absolute atomic E-state index is 6.24. The van der Waals surface area contributed by atoms with E-state index in [0.717, 1.165) is 39.3 Å². The summed E-state index contributed by atoms with van der Waals surface area (Å²) in [5, 5.41) is 3.45. The molecule has 0 atom stereocenters. The fourth-order valence-corrected chi connectivity index (χ4v) is 3.01. The van der Waals surface area contributed by atoms with Crippen molar-refractivity contribution in [2.75, 3.05) is 16.8 Å². The van der Waals surface area contributed by atoms with Gasteiger partial charge in [-0.2, -0.15) is 0 Å². The molecule has 3 aromatic carbocycles. The zero-order valence-corrected chi connectivity index (χ0v) is 15.8. The van der Waals surface area contributed by atoms with Gasteiger partial charge in [0, 0.05) is 16.9 Å². The van der Waals surface area contributed by atoms with E-state index in [4.69, 9.17) is 11.5 Å². The molecule has 136 valence electrons. The van der Waals surface area contributed by atoms with Gasteiger partial charge in [0.25, 0.3) is 0 Å². The highest BCUT2D eigenvalue weighted by molar-refractivity contribution is 5.87. The molecule has 3 heteroatoms. The van der Waals surface area contributed by atoms with Crippen molar-refractivity contribution in [2.45, 2.75) is 13.8 Å². The molecule has 3 aromatic rings. The van der Waals surface area contributed by atoms with Gasteiger partial charge in [-0.1, -0.05) is 54.6 Å². The monoisotopic (exact) mass is 355 g/mol. The molecule has 0 amide bonds. The summed E-state index contributed by atoms with van der Waals surface area (Å²) in [4.78, 5) is 0. The van der Waals surface area contributed by atoms with Crippen LogP contribution in [-0.2, 0) is 0 Å². The van der Waals surface area contributed by atoms with Gasteiger partial charge < -0.3 is 16.8 Å². The third kappa shape index (κ3) is 4.21. The van der Waals surface area contributed by atoms with Crippen LogP contribution < -0.4 is 16.8 Å². The molecule has 5 N–H and O–H groups in total. The van der Waals surface area contributed by atoms with E-state index >= 15 is 0 Å². The predicted molar refractivity (Wildman–Crippen MR) is 120 cm³/mol. The molecular weight excluding hydrogens is 330 g/mol. The van der Waals surface area contributed by atoms with Crippen LogP contribution in [0.25, 0.3) is 23.3 Å². The van der Waals surface area contributed by atoms with Crippen molar-refractivity contribution in [1.82, 2.24) is 0 Å². The highest BCUT2D eigenvalue weighted by Gasteiger charge is 2.09. The fourth-order valence-electron chi connectivity index (χ4n) is 3.01. The Hall–Kier alpha value is -3.46. The molecule has 0 aromatic heterocycles. The molecule has 0 spiro atoms. The Kier molecular flexibility index (Phi) is 5.32. The maximum Gasteiger partial charge on any atom is 0.0697 e. The van der Waals surface area contributed by atoms with E-state index in [1.165, 1.54) is 5.57 Å². The molecule has 3 rings (SSSR count). The van der Waals surface area contributed by atoms with Crippen molar-refractivity contribution in [1.29, 1.82) is 0 Å². The van der Waals surface area contributed by atoms with Crippen molar-refractivity contribution in [3.8, 4) is 11.1 Å². The molecule has 0 bridgehead atoms. The minimum absolute atomic E-state index is 0.693. The first-order valence-corrected chi connectivity index (χ1v) is 8.91. The third-order valence-corrected chi connectivity index (χ3v) is 4.36. The van der Waals surface area contributed by atoms with Gasteiger partial charge >= 0.3 is 0 Å². The minimum Gasteiger partial charge on any atom is -0.399 e. The first kappa shape index (κ1) is 18.3. The highest BCUT2D eigenvalue weighted by Crippen LogP contribution is 2.33. The quantitative estimate of drug-likeness (QED) is 0.469. The van der Waals surface area contributed by atoms with Gasteiger partial charge in [-0.05, 0) is 60.9 Å². The molecule has 0 saturated heterocycles. The molecule has 0 unspecified atom stereocenters. The molecule has 0 aliphatic rings. The number of allylic oxidation sites excluding steroid dienone is 1. The lowest BCUT2D eigenvalue weighted by Crippen LogP contribution is -2.00. The van der Waals surface area contributed by atoms with Crippen LogP contribution in [0, 0.1) is 0 Å². The van der Waals surface area contributed by atoms with E-state index in [1.807, 2.05) is 54.6 Å². The third-order valence-electron chi connectivity index (χ3n) is 4.36. The molecule has 0 aliphatic carbocycles. The molecule has 0 saturated carbocycles. The average Bonchev–Trinajstić information content (AvgIpc) is 2.65. The van der Waals surface area contributed by atoms with Gasteiger partial charge in [0.15, 0.2) is 0 Å². The molecular formula is C24H25N3.